The molecule has 0 saturated carbocycles. The molecule has 2 aromatic rings. The van der Waals surface area contributed by atoms with Crippen molar-refractivity contribution in [3.05, 3.63) is 52.5 Å². The zero-order chi connectivity index (χ0) is 22.2. The van der Waals surface area contributed by atoms with Crippen LogP contribution in [0.15, 0.2) is 41.3 Å². The first-order valence-corrected chi connectivity index (χ1v) is 11.7. The molecule has 8 nitrogen and oxygen atoms in total. The van der Waals surface area contributed by atoms with Crippen LogP contribution in [0.3, 0.4) is 0 Å². The maximum atomic E-state index is 13.4. The number of carbonyl (C=O) groups excluding carboxylic acids is 2. The molecule has 2 aliphatic rings. The van der Waals surface area contributed by atoms with E-state index in [0.717, 1.165) is 11.1 Å². The quantitative estimate of drug-likeness (QED) is 0.708. The largest absolute Gasteiger partial charge is 0.482 e. The molecule has 0 aliphatic carbocycles. The molecule has 0 unspecified atom stereocenters. The summed E-state index contributed by atoms with van der Waals surface area (Å²) in [4.78, 5) is 24.2. The predicted molar refractivity (Wildman–Crippen MR) is 116 cm³/mol. The van der Waals surface area contributed by atoms with E-state index in [2.05, 4.69) is 10.6 Å². The molecular formula is C21H22ClN3O5S. The molecule has 31 heavy (non-hydrogen) atoms. The SMILES string of the molecule is Cc1cccc(CNC(=O)[C@@H]2CCCN2S(=O)(=O)c2cc3c(cc2Cl)NC(=O)CO3)c1. The first-order valence-electron chi connectivity index (χ1n) is 9.87. The van der Waals surface area contributed by atoms with E-state index in [9.17, 15) is 18.0 Å². The molecule has 1 fully saturated rings. The number of amides is 2. The van der Waals surface area contributed by atoms with Gasteiger partial charge in [0.1, 0.15) is 16.7 Å². The molecule has 2 amide bonds. The van der Waals surface area contributed by atoms with Crippen LogP contribution in [0, 0.1) is 6.92 Å². The minimum atomic E-state index is -4.05. The summed E-state index contributed by atoms with van der Waals surface area (Å²) < 4.78 is 33.2. The van der Waals surface area contributed by atoms with Gasteiger partial charge in [0.05, 0.1) is 10.7 Å². The van der Waals surface area contributed by atoms with Crippen molar-refractivity contribution in [2.24, 2.45) is 0 Å². The van der Waals surface area contributed by atoms with Crippen LogP contribution in [0.1, 0.15) is 24.0 Å². The Hall–Kier alpha value is -2.62. The Morgan fingerprint density at radius 3 is 2.90 bits per heavy atom. The minimum absolute atomic E-state index is 0.0460. The Morgan fingerprint density at radius 1 is 1.32 bits per heavy atom. The number of benzene rings is 2. The normalized spacial score (nSPS) is 18.8. The topological polar surface area (TPSA) is 105 Å². The van der Waals surface area contributed by atoms with E-state index in [-0.39, 0.29) is 40.6 Å². The number of ether oxygens (including phenoxy) is 1. The average Bonchev–Trinajstić information content (AvgIpc) is 3.22. The van der Waals surface area contributed by atoms with E-state index < -0.39 is 16.1 Å². The van der Waals surface area contributed by atoms with E-state index in [4.69, 9.17) is 16.3 Å². The molecule has 2 aliphatic heterocycles. The van der Waals surface area contributed by atoms with Crippen LogP contribution in [0.5, 0.6) is 5.75 Å². The van der Waals surface area contributed by atoms with Gasteiger partial charge in [-0.15, -0.1) is 0 Å². The fraction of sp³-hybridized carbons (Fsp3) is 0.333. The van der Waals surface area contributed by atoms with Crippen molar-refractivity contribution in [2.45, 2.75) is 37.2 Å². The molecule has 0 bridgehead atoms. The monoisotopic (exact) mass is 463 g/mol. The molecular weight excluding hydrogens is 442 g/mol. The van der Waals surface area contributed by atoms with Crippen molar-refractivity contribution < 1.29 is 22.7 Å². The van der Waals surface area contributed by atoms with Crippen molar-refractivity contribution in [3.8, 4) is 5.75 Å². The maximum absolute atomic E-state index is 13.4. The van der Waals surface area contributed by atoms with E-state index in [1.165, 1.54) is 16.4 Å². The Labute approximate surface area is 185 Å². The summed E-state index contributed by atoms with van der Waals surface area (Å²) in [6, 6.07) is 9.58. The van der Waals surface area contributed by atoms with Gasteiger partial charge in [0.25, 0.3) is 5.91 Å². The lowest BCUT2D eigenvalue weighted by atomic mass is 10.1. The van der Waals surface area contributed by atoms with Crippen LogP contribution in [-0.2, 0) is 26.2 Å². The number of nitrogens with zero attached hydrogens (tertiary/aromatic N) is 1. The molecule has 2 N–H and O–H groups in total. The van der Waals surface area contributed by atoms with Crippen molar-refractivity contribution in [2.75, 3.05) is 18.5 Å². The number of rotatable bonds is 5. The molecule has 0 spiro atoms. The number of nitrogens with one attached hydrogen (secondary N) is 2. The van der Waals surface area contributed by atoms with E-state index >= 15 is 0 Å². The van der Waals surface area contributed by atoms with Crippen LogP contribution >= 0.6 is 11.6 Å². The average molecular weight is 464 g/mol. The molecule has 164 valence electrons. The van der Waals surface area contributed by atoms with Gasteiger partial charge in [0.2, 0.25) is 15.9 Å². The van der Waals surface area contributed by atoms with E-state index in [1.54, 1.807) is 0 Å². The first kappa shape index (κ1) is 21.6. The number of sulfonamides is 1. The van der Waals surface area contributed by atoms with Crippen LogP contribution in [-0.4, -0.2) is 43.7 Å². The fourth-order valence-corrected chi connectivity index (χ4v) is 6.00. The smallest absolute Gasteiger partial charge is 0.262 e. The lowest BCUT2D eigenvalue weighted by Crippen LogP contribution is -2.45. The number of aryl methyl sites for hydroxylation is 1. The van der Waals surface area contributed by atoms with Gasteiger partial charge in [0.15, 0.2) is 6.61 Å². The highest BCUT2D eigenvalue weighted by molar-refractivity contribution is 7.89. The Bertz CT molecular complexity index is 1150. The summed E-state index contributed by atoms with van der Waals surface area (Å²) in [5.41, 5.74) is 2.34. The lowest BCUT2D eigenvalue weighted by Gasteiger charge is -2.25. The van der Waals surface area contributed by atoms with Crippen molar-refractivity contribution >= 4 is 39.1 Å². The number of halogens is 1. The number of fused-ring (bicyclic) bond motifs is 1. The summed E-state index contributed by atoms with van der Waals surface area (Å²) in [5.74, 6) is -0.466. The van der Waals surface area contributed by atoms with Gasteiger partial charge in [-0.25, -0.2) is 8.42 Å². The Balaban J connectivity index is 1.55. The summed E-state index contributed by atoms with van der Waals surface area (Å²) in [7, 11) is -4.05. The summed E-state index contributed by atoms with van der Waals surface area (Å²) in [6.07, 6.45) is 0.991. The van der Waals surface area contributed by atoms with Gasteiger partial charge in [-0.2, -0.15) is 4.31 Å². The molecule has 2 heterocycles. The molecule has 10 heteroatoms. The highest BCUT2D eigenvalue weighted by Gasteiger charge is 2.40. The second-order valence-electron chi connectivity index (χ2n) is 7.60. The number of hydrogen-bond donors (Lipinski definition) is 2. The molecule has 1 atom stereocenters. The van der Waals surface area contributed by atoms with Crippen LogP contribution in [0.25, 0.3) is 0 Å². The van der Waals surface area contributed by atoms with Gasteiger partial charge in [0, 0.05) is 19.2 Å². The first-order chi connectivity index (χ1) is 14.8. The van der Waals surface area contributed by atoms with Gasteiger partial charge in [-0.05, 0) is 31.4 Å². The highest BCUT2D eigenvalue weighted by Crippen LogP contribution is 2.38. The second kappa shape index (κ2) is 8.49. The highest BCUT2D eigenvalue weighted by atomic mass is 35.5. The summed E-state index contributed by atoms with van der Waals surface area (Å²) in [5, 5.41) is 5.39. The van der Waals surface area contributed by atoms with E-state index in [1.807, 2.05) is 31.2 Å². The predicted octanol–water partition coefficient (Wildman–Crippen LogP) is 2.45. The van der Waals surface area contributed by atoms with Crippen LogP contribution in [0.4, 0.5) is 5.69 Å². The number of hydrogen-bond acceptors (Lipinski definition) is 5. The zero-order valence-electron chi connectivity index (χ0n) is 16.9. The third-order valence-electron chi connectivity index (χ3n) is 5.31. The molecule has 0 radical (unpaired) electrons. The molecule has 2 aromatic carbocycles. The molecule has 0 aromatic heterocycles. The Kier molecular flexibility index (Phi) is 5.92. The van der Waals surface area contributed by atoms with E-state index in [0.29, 0.717) is 25.1 Å². The van der Waals surface area contributed by atoms with Crippen molar-refractivity contribution in [1.82, 2.24) is 9.62 Å². The van der Waals surface area contributed by atoms with Crippen molar-refractivity contribution in [3.63, 3.8) is 0 Å². The molecule has 1 saturated heterocycles. The zero-order valence-corrected chi connectivity index (χ0v) is 18.4. The minimum Gasteiger partial charge on any atom is -0.482 e. The lowest BCUT2D eigenvalue weighted by molar-refractivity contribution is -0.124. The standard InChI is InChI=1S/C21H22ClN3O5S/c1-13-4-2-5-14(8-13)11-23-21(27)17-6-3-7-25(17)31(28,29)19-10-18-16(9-15(19)22)24-20(26)12-30-18/h2,4-5,8-10,17H,3,6-7,11-12H2,1H3,(H,23,27)(H,24,26)/t17-/m0/s1. The van der Waals surface area contributed by atoms with Gasteiger partial charge in [-0.3, -0.25) is 9.59 Å². The van der Waals surface area contributed by atoms with Crippen LogP contribution in [0.2, 0.25) is 5.02 Å². The second-order valence-corrected chi connectivity index (χ2v) is 9.86. The molecule has 4 rings (SSSR count). The van der Waals surface area contributed by atoms with Gasteiger partial charge >= 0.3 is 0 Å². The summed E-state index contributed by atoms with van der Waals surface area (Å²) >= 11 is 6.24. The fourth-order valence-electron chi connectivity index (χ4n) is 3.82. The van der Waals surface area contributed by atoms with Crippen molar-refractivity contribution in [1.29, 1.82) is 0 Å². The summed E-state index contributed by atoms with van der Waals surface area (Å²) in [6.45, 7) is 2.30. The van der Waals surface area contributed by atoms with Gasteiger partial charge in [-0.1, -0.05) is 41.4 Å². The Morgan fingerprint density at radius 2 is 2.13 bits per heavy atom. The maximum Gasteiger partial charge on any atom is 0.262 e. The van der Waals surface area contributed by atoms with Crippen LogP contribution < -0.4 is 15.4 Å². The third kappa shape index (κ3) is 4.39. The van der Waals surface area contributed by atoms with Gasteiger partial charge < -0.3 is 15.4 Å². The number of carbonyl (C=O) groups is 2. The number of anilines is 1. The third-order valence-corrected chi connectivity index (χ3v) is 7.68.